The van der Waals surface area contributed by atoms with Gasteiger partial charge in [0.25, 0.3) is 0 Å². The lowest BCUT2D eigenvalue weighted by Gasteiger charge is -2.09. The zero-order valence-corrected chi connectivity index (χ0v) is 14.3. The Kier molecular flexibility index (Phi) is 5.83. The average molecular weight is 331 g/mol. The molecule has 0 heterocycles. The zero-order valence-electron chi connectivity index (χ0n) is 14.3. The van der Waals surface area contributed by atoms with E-state index < -0.39 is 0 Å². The molecule has 0 spiro atoms. The molecular formula is C22H21NO2. The summed E-state index contributed by atoms with van der Waals surface area (Å²) in [7, 11) is 0. The molecule has 0 unspecified atom stereocenters. The van der Waals surface area contributed by atoms with Crippen LogP contribution < -0.4 is 4.74 Å². The maximum atomic E-state index is 5.89. The summed E-state index contributed by atoms with van der Waals surface area (Å²) < 4.78 is 5.89. The first-order valence-electron chi connectivity index (χ1n) is 8.28. The molecule has 3 aromatic rings. The van der Waals surface area contributed by atoms with Gasteiger partial charge in [-0.05, 0) is 47.4 Å². The summed E-state index contributed by atoms with van der Waals surface area (Å²) in [5, 5.41) is 4.04. The van der Waals surface area contributed by atoms with Gasteiger partial charge < -0.3 is 9.57 Å². The third kappa shape index (κ3) is 5.21. The highest BCUT2D eigenvalue weighted by molar-refractivity contribution is 5.79. The van der Waals surface area contributed by atoms with Crippen LogP contribution in [0, 0.1) is 6.92 Å². The molecule has 0 aliphatic carbocycles. The molecule has 3 rings (SSSR count). The lowest BCUT2D eigenvalue weighted by atomic mass is 10.1. The SMILES string of the molecule is Cc1cc(/C=N/OCc2ccccc2)ccc1OCc1ccccc1. The molecular weight excluding hydrogens is 310 g/mol. The average Bonchev–Trinajstić information content (AvgIpc) is 2.66. The summed E-state index contributed by atoms with van der Waals surface area (Å²) >= 11 is 0. The van der Waals surface area contributed by atoms with Gasteiger partial charge in [0.05, 0.1) is 6.21 Å². The summed E-state index contributed by atoms with van der Waals surface area (Å²) in [6.07, 6.45) is 1.72. The van der Waals surface area contributed by atoms with E-state index in [1.165, 1.54) is 0 Å². The molecule has 0 radical (unpaired) electrons. The van der Waals surface area contributed by atoms with Crippen molar-refractivity contribution < 1.29 is 9.57 Å². The lowest BCUT2D eigenvalue weighted by Crippen LogP contribution is -1.97. The first-order chi connectivity index (χ1) is 12.3. The molecule has 0 amide bonds. The fraction of sp³-hybridized carbons (Fsp3) is 0.136. The van der Waals surface area contributed by atoms with Crippen molar-refractivity contribution in [3.63, 3.8) is 0 Å². The molecule has 0 saturated carbocycles. The van der Waals surface area contributed by atoms with Crippen molar-refractivity contribution in [1.29, 1.82) is 0 Å². The Labute approximate surface area is 148 Å². The van der Waals surface area contributed by atoms with Crippen molar-refractivity contribution in [3.05, 3.63) is 101 Å². The van der Waals surface area contributed by atoms with Crippen molar-refractivity contribution in [2.75, 3.05) is 0 Å². The number of hydrogen-bond acceptors (Lipinski definition) is 3. The zero-order chi connectivity index (χ0) is 17.3. The molecule has 0 atom stereocenters. The second-order valence-electron chi connectivity index (χ2n) is 5.79. The van der Waals surface area contributed by atoms with Crippen LogP contribution >= 0.6 is 0 Å². The van der Waals surface area contributed by atoms with E-state index in [1.54, 1.807) is 6.21 Å². The van der Waals surface area contributed by atoms with E-state index in [-0.39, 0.29) is 0 Å². The fourth-order valence-corrected chi connectivity index (χ4v) is 2.43. The van der Waals surface area contributed by atoms with Gasteiger partial charge >= 0.3 is 0 Å². The van der Waals surface area contributed by atoms with Crippen molar-refractivity contribution >= 4 is 6.21 Å². The molecule has 0 N–H and O–H groups in total. The molecule has 3 aromatic carbocycles. The van der Waals surface area contributed by atoms with E-state index in [0.717, 1.165) is 28.0 Å². The second-order valence-corrected chi connectivity index (χ2v) is 5.79. The molecule has 0 aliphatic rings. The van der Waals surface area contributed by atoms with Crippen molar-refractivity contribution in [1.82, 2.24) is 0 Å². The van der Waals surface area contributed by atoms with Gasteiger partial charge in [0, 0.05) is 0 Å². The van der Waals surface area contributed by atoms with E-state index in [2.05, 4.69) is 17.3 Å². The van der Waals surface area contributed by atoms with Crippen LogP contribution in [0.15, 0.2) is 84.0 Å². The van der Waals surface area contributed by atoms with Gasteiger partial charge in [-0.3, -0.25) is 0 Å². The Morgan fingerprint density at radius 1 is 0.800 bits per heavy atom. The predicted molar refractivity (Wildman–Crippen MR) is 101 cm³/mol. The second kappa shape index (κ2) is 8.69. The largest absolute Gasteiger partial charge is 0.489 e. The van der Waals surface area contributed by atoms with Crippen LogP contribution in [0.2, 0.25) is 0 Å². The van der Waals surface area contributed by atoms with Gasteiger partial charge in [-0.2, -0.15) is 0 Å². The number of hydrogen-bond donors (Lipinski definition) is 0. The summed E-state index contributed by atoms with van der Waals surface area (Å²) in [5.41, 5.74) is 4.31. The van der Waals surface area contributed by atoms with Gasteiger partial charge in [0.15, 0.2) is 0 Å². The van der Waals surface area contributed by atoms with Crippen molar-refractivity contribution in [3.8, 4) is 5.75 Å². The molecule has 25 heavy (non-hydrogen) atoms. The lowest BCUT2D eigenvalue weighted by molar-refractivity contribution is 0.132. The van der Waals surface area contributed by atoms with Crippen LogP contribution in [0.4, 0.5) is 0 Å². The molecule has 0 saturated heterocycles. The molecule has 126 valence electrons. The minimum Gasteiger partial charge on any atom is -0.489 e. The summed E-state index contributed by atoms with van der Waals surface area (Å²) in [4.78, 5) is 5.34. The molecule has 0 aliphatic heterocycles. The van der Waals surface area contributed by atoms with E-state index in [1.807, 2.05) is 73.7 Å². The quantitative estimate of drug-likeness (QED) is 0.444. The van der Waals surface area contributed by atoms with Crippen LogP contribution in [0.1, 0.15) is 22.3 Å². The van der Waals surface area contributed by atoms with E-state index in [0.29, 0.717) is 13.2 Å². The smallest absolute Gasteiger partial charge is 0.142 e. The first-order valence-corrected chi connectivity index (χ1v) is 8.28. The Hall–Kier alpha value is -3.07. The molecule has 0 bridgehead atoms. The third-order valence-electron chi connectivity index (χ3n) is 3.79. The topological polar surface area (TPSA) is 30.8 Å². The van der Waals surface area contributed by atoms with E-state index >= 15 is 0 Å². The number of ether oxygens (including phenoxy) is 1. The van der Waals surface area contributed by atoms with E-state index in [4.69, 9.17) is 9.57 Å². The molecule has 0 aromatic heterocycles. The molecule has 3 heteroatoms. The highest BCUT2D eigenvalue weighted by Gasteiger charge is 2.01. The third-order valence-corrected chi connectivity index (χ3v) is 3.79. The molecule has 3 nitrogen and oxygen atoms in total. The predicted octanol–water partition coefficient (Wildman–Crippen LogP) is 5.12. The summed E-state index contributed by atoms with van der Waals surface area (Å²) in [6.45, 7) is 3.06. The van der Waals surface area contributed by atoms with Gasteiger partial charge in [-0.15, -0.1) is 0 Å². The maximum Gasteiger partial charge on any atom is 0.142 e. The summed E-state index contributed by atoms with van der Waals surface area (Å²) in [6, 6.07) is 26.1. The van der Waals surface area contributed by atoms with Gasteiger partial charge in [-0.1, -0.05) is 65.8 Å². The van der Waals surface area contributed by atoms with Crippen molar-refractivity contribution in [2.24, 2.45) is 5.16 Å². The Balaban J connectivity index is 1.53. The van der Waals surface area contributed by atoms with Gasteiger partial charge in [0.2, 0.25) is 0 Å². The highest BCUT2D eigenvalue weighted by atomic mass is 16.6. The number of oxime groups is 1. The minimum atomic E-state index is 0.467. The molecule has 0 fully saturated rings. The monoisotopic (exact) mass is 331 g/mol. The highest BCUT2D eigenvalue weighted by Crippen LogP contribution is 2.20. The van der Waals surface area contributed by atoms with Crippen LogP contribution in [-0.2, 0) is 18.1 Å². The Morgan fingerprint density at radius 3 is 2.08 bits per heavy atom. The number of benzene rings is 3. The van der Waals surface area contributed by atoms with E-state index in [9.17, 15) is 0 Å². The standard InChI is InChI=1S/C22H21NO2/c1-18-14-21(15-23-25-17-20-10-6-3-7-11-20)12-13-22(18)24-16-19-8-4-2-5-9-19/h2-15H,16-17H2,1H3/b23-15+. The number of nitrogens with zero attached hydrogens (tertiary/aromatic N) is 1. The van der Waals surface area contributed by atoms with Gasteiger partial charge in [0.1, 0.15) is 19.0 Å². The van der Waals surface area contributed by atoms with Crippen LogP contribution in [-0.4, -0.2) is 6.21 Å². The van der Waals surface area contributed by atoms with Crippen molar-refractivity contribution in [2.45, 2.75) is 20.1 Å². The Bertz CT molecular complexity index is 814. The van der Waals surface area contributed by atoms with Gasteiger partial charge in [-0.25, -0.2) is 0 Å². The van der Waals surface area contributed by atoms with Crippen LogP contribution in [0.3, 0.4) is 0 Å². The Morgan fingerprint density at radius 2 is 1.44 bits per heavy atom. The van der Waals surface area contributed by atoms with Crippen LogP contribution in [0.25, 0.3) is 0 Å². The summed E-state index contributed by atoms with van der Waals surface area (Å²) in [5.74, 6) is 0.881. The minimum absolute atomic E-state index is 0.467. The number of rotatable bonds is 7. The maximum absolute atomic E-state index is 5.89. The van der Waals surface area contributed by atoms with Crippen LogP contribution in [0.5, 0.6) is 5.75 Å². The number of aryl methyl sites for hydroxylation is 1. The fourth-order valence-electron chi connectivity index (χ4n) is 2.43. The normalized spacial score (nSPS) is 10.8. The first kappa shape index (κ1) is 16.8.